The molecule has 2 N–H and O–H groups in total. The Bertz CT molecular complexity index is 382. The maximum atomic E-state index is 11.2. The number of carbonyl (C=O) groups excluding carboxylic acids is 1. The Morgan fingerprint density at radius 1 is 1.38 bits per heavy atom. The fraction of sp³-hybridized carbons (Fsp3) is 0.417. The molecule has 1 fully saturated rings. The largest absolute Gasteiger partial charge is 0.465 e. The minimum Gasteiger partial charge on any atom is -0.465 e. The zero-order valence-corrected chi connectivity index (χ0v) is 9.23. The van der Waals surface area contributed by atoms with Crippen molar-refractivity contribution in [3.05, 3.63) is 35.4 Å². The number of esters is 1. The summed E-state index contributed by atoms with van der Waals surface area (Å²) in [6.07, 6.45) is 2.17. The molecule has 0 atom stereocenters. The number of carbonyl (C=O) groups is 1. The predicted octanol–water partition coefficient (Wildman–Crippen LogP) is 1.40. The van der Waals surface area contributed by atoms with Gasteiger partial charge in [-0.15, -0.1) is 0 Å². The third-order valence-corrected chi connectivity index (χ3v) is 3.13. The molecule has 0 heterocycles. The van der Waals surface area contributed by atoms with Crippen molar-refractivity contribution in [1.82, 2.24) is 0 Å². The molecule has 4 heteroatoms. The first-order valence-corrected chi connectivity index (χ1v) is 5.22. The monoisotopic (exact) mass is 221 g/mol. The normalized spacial score (nSPS) is 16.9. The van der Waals surface area contributed by atoms with Crippen LogP contribution in [-0.4, -0.2) is 19.7 Å². The third-order valence-electron chi connectivity index (χ3n) is 3.13. The molecule has 0 spiro atoms. The summed E-state index contributed by atoms with van der Waals surface area (Å²) in [4.78, 5) is 16.0. The zero-order chi connectivity index (χ0) is 11.6. The molecule has 1 aliphatic carbocycles. The molecule has 0 unspecified atom stereocenters. The van der Waals surface area contributed by atoms with Gasteiger partial charge in [0.15, 0.2) is 0 Å². The van der Waals surface area contributed by atoms with Gasteiger partial charge in [-0.1, -0.05) is 12.1 Å². The van der Waals surface area contributed by atoms with Crippen LogP contribution in [-0.2, 0) is 15.0 Å². The Kier molecular flexibility index (Phi) is 2.94. The number of rotatable bonds is 4. The Morgan fingerprint density at radius 2 is 2.00 bits per heavy atom. The minimum absolute atomic E-state index is 0.0728. The molecule has 1 aromatic rings. The summed E-state index contributed by atoms with van der Waals surface area (Å²) < 4.78 is 4.64. The summed E-state index contributed by atoms with van der Waals surface area (Å²) in [6.45, 7) is 0.532. The summed E-state index contributed by atoms with van der Waals surface area (Å²) in [6, 6.07) is 7.44. The van der Waals surface area contributed by atoms with Gasteiger partial charge in [0, 0.05) is 5.41 Å². The van der Waals surface area contributed by atoms with Crippen LogP contribution in [0.25, 0.3) is 0 Å². The van der Waals surface area contributed by atoms with Gasteiger partial charge in [-0.3, -0.25) is 0 Å². The molecule has 0 bridgehead atoms. The summed E-state index contributed by atoms with van der Waals surface area (Å²) in [5.41, 5.74) is 1.81. The van der Waals surface area contributed by atoms with Crippen LogP contribution in [0.5, 0.6) is 0 Å². The van der Waals surface area contributed by atoms with E-state index < -0.39 is 0 Å². The molecule has 1 aromatic carbocycles. The molecule has 16 heavy (non-hydrogen) atoms. The Hall–Kier alpha value is -1.39. The highest BCUT2D eigenvalue weighted by molar-refractivity contribution is 5.89. The highest BCUT2D eigenvalue weighted by Gasteiger charge is 2.44. The topological polar surface area (TPSA) is 61.5 Å². The van der Waals surface area contributed by atoms with Crippen molar-refractivity contribution in [2.75, 3.05) is 13.7 Å². The van der Waals surface area contributed by atoms with E-state index >= 15 is 0 Å². The van der Waals surface area contributed by atoms with Crippen molar-refractivity contribution in [1.29, 1.82) is 0 Å². The van der Waals surface area contributed by atoms with Gasteiger partial charge in [0.2, 0.25) is 0 Å². The van der Waals surface area contributed by atoms with Crippen molar-refractivity contribution in [2.24, 2.45) is 5.90 Å². The van der Waals surface area contributed by atoms with Crippen LogP contribution in [0, 0.1) is 0 Å². The molecule has 0 saturated heterocycles. The Morgan fingerprint density at radius 3 is 2.44 bits per heavy atom. The SMILES string of the molecule is COC(=O)c1ccc(C2(CON)CC2)cc1. The first-order valence-electron chi connectivity index (χ1n) is 5.22. The molecule has 1 aliphatic rings. The quantitative estimate of drug-likeness (QED) is 0.616. The van der Waals surface area contributed by atoms with Crippen molar-refractivity contribution < 1.29 is 14.4 Å². The molecule has 4 nitrogen and oxygen atoms in total. The minimum atomic E-state index is -0.313. The maximum absolute atomic E-state index is 11.2. The standard InChI is InChI=1S/C12H15NO3/c1-15-11(14)9-2-4-10(5-3-9)12(6-7-12)8-16-13/h2-5H,6-8,13H2,1H3. The van der Waals surface area contributed by atoms with Crippen LogP contribution in [0.4, 0.5) is 0 Å². The van der Waals surface area contributed by atoms with Gasteiger partial charge in [-0.05, 0) is 30.5 Å². The fourth-order valence-corrected chi connectivity index (χ4v) is 1.90. The Labute approximate surface area is 94.3 Å². The van der Waals surface area contributed by atoms with E-state index in [-0.39, 0.29) is 11.4 Å². The zero-order valence-electron chi connectivity index (χ0n) is 9.23. The summed E-state index contributed by atoms with van der Waals surface area (Å²) in [7, 11) is 1.38. The van der Waals surface area contributed by atoms with E-state index in [1.165, 1.54) is 12.7 Å². The summed E-state index contributed by atoms with van der Waals surface area (Å²) >= 11 is 0. The number of nitrogens with two attached hydrogens (primary N) is 1. The van der Waals surface area contributed by atoms with Gasteiger partial charge in [0.25, 0.3) is 0 Å². The van der Waals surface area contributed by atoms with Crippen LogP contribution in [0.2, 0.25) is 0 Å². The number of benzene rings is 1. The number of methoxy groups -OCH3 is 1. The van der Waals surface area contributed by atoms with Crippen LogP contribution in [0.1, 0.15) is 28.8 Å². The van der Waals surface area contributed by atoms with Gasteiger partial charge in [0.05, 0.1) is 19.3 Å². The lowest BCUT2D eigenvalue weighted by Crippen LogP contribution is -2.18. The number of ether oxygens (including phenoxy) is 1. The van der Waals surface area contributed by atoms with Crippen LogP contribution in [0.3, 0.4) is 0 Å². The second-order valence-corrected chi connectivity index (χ2v) is 4.16. The molecule has 0 amide bonds. The molecule has 2 rings (SSSR count). The van der Waals surface area contributed by atoms with E-state index in [2.05, 4.69) is 4.74 Å². The van der Waals surface area contributed by atoms with Gasteiger partial charge in [-0.25, -0.2) is 10.7 Å². The average Bonchev–Trinajstić information content (AvgIpc) is 3.10. The molecule has 0 radical (unpaired) electrons. The van der Waals surface area contributed by atoms with Crippen LogP contribution >= 0.6 is 0 Å². The predicted molar refractivity (Wildman–Crippen MR) is 58.8 cm³/mol. The molecule has 86 valence electrons. The van der Waals surface area contributed by atoms with E-state index in [1.54, 1.807) is 12.1 Å². The first-order chi connectivity index (χ1) is 7.72. The fourth-order valence-electron chi connectivity index (χ4n) is 1.90. The van der Waals surface area contributed by atoms with Crippen LogP contribution < -0.4 is 5.90 Å². The third kappa shape index (κ3) is 1.94. The van der Waals surface area contributed by atoms with E-state index in [0.29, 0.717) is 12.2 Å². The second kappa shape index (κ2) is 4.23. The highest BCUT2D eigenvalue weighted by Crippen LogP contribution is 2.48. The van der Waals surface area contributed by atoms with Crippen molar-refractivity contribution >= 4 is 5.97 Å². The molecular formula is C12H15NO3. The van der Waals surface area contributed by atoms with E-state index in [4.69, 9.17) is 10.7 Å². The molecular weight excluding hydrogens is 206 g/mol. The lowest BCUT2D eigenvalue weighted by Gasteiger charge is -2.13. The van der Waals surface area contributed by atoms with Gasteiger partial charge >= 0.3 is 5.97 Å². The number of hydrogen-bond acceptors (Lipinski definition) is 4. The van der Waals surface area contributed by atoms with Gasteiger partial charge in [-0.2, -0.15) is 0 Å². The maximum Gasteiger partial charge on any atom is 0.337 e. The highest BCUT2D eigenvalue weighted by atomic mass is 16.6. The first kappa shape index (κ1) is 11.1. The van der Waals surface area contributed by atoms with Crippen molar-refractivity contribution in [2.45, 2.75) is 18.3 Å². The summed E-state index contributed by atoms with van der Waals surface area (Å²) in [5, 5.41) is 0. The van der Waals surface area contributed by atoms with Crippen molar-refractivity contribution in [3.8, 4) is 0 Å². The molecule has 0 aromatic heterocycles. The van der Waals surface area contributed by atoms with E-state index in [1.807, 2.05) is 12.1 Å². The van der Waals surface area contributed by atoms with E-state index in [9.17, 15) is 4.79 Å². The average molecular weight is 221 g/mol. The van der Waals surface area contributed by atoms with E-state index in [0.717, 1.165) is 12.8 Å². The lowest BCUT2D eigenvalue weighted by molar-refractivity contribution is 0.0600. The van der Waals surface area contributed by atoms with Crippen molar-refractivity contribution in [3.63, 3.8) is 0 Å². The Balaban J connectivity index is 2.16. The molecule has 1 saturated carbocycles. The smallest absolute Gasteiger partial charge is 0.337 e. The van der Waals surface area contributed by atoms with Gasteiger partial charge in [0.1, 0.15) is 0 Å². The second-order valence-electron chi connectivity index (χ2n) is 4.16. The summed E-state index contributed by atoms with van der Waals surface area (Å²) in [5.74, 6) is 4.80. The lowest BCUT2D eigenvalue weighted by atomic mass is 9.96. The molecule has 0 aliphatic heterocycles. The van der Waals surface area contributed by atoms with Crippen LogP contribution in [0.15, 0.2) is 24.3 Å². The number of hydrogen-bond donors (Lipinski definition) is 1. The van der Waals surface area contributed by atoms with Gasteiger partial charge < -0.3 is 9.57 Å².